The number of thiocarbonyl (C=S) groups is 1. The number of methoxy groups -OCH3 is 1. The summed E-state index contributed by atoms with van der Waals surface area (Å²) in [5, 5.41) is 16.9. The first kappa shape index (κ1) is 12.5. The maximum absolute atomic E-state index is 10.3. The number of hydrogen-bond acceptors (Lipinski definition) is 6. The summed E-state index contributed by atoms with van der Waals surface area (Å²) in [4.78, 5) is 13.7. The van der Waals surface area contributed by atoms with Gasteiger partial charge >= 0.3 is 5.95 Å². The van der Waals surface area contributed by atoms with Crippen molar-refractivity contribution in [2.45, 2.75) is 6.54 Å². The molecule has 88 valence electrons. The largest absolute Gasteiger partial charge is 0.490 e. The number of aromatic nitrogens is 3. The van der Waals surface area contributed by atoms with Gasteiger partial charge in [-0.05, 0) is 4.92 Å². The molecular weight excluding hydrogens is 234 g/mol. The van der Waals surface area contributed by atoms with Gasteiger partial charge in [0.1, 0.15) is 6.54 Å². The van der Waals surface area contributed by atoms with Gasteiger partial charge in [-0.1, -0.05) is 17.2 Å². The molecule has 1 rings (SSSR count). The van der Waals surface area contributed by atoms with Gasteiger partial charge in [0, 0.05) is 18.8 Å². The summed E-state index contributed by atoms with van der Waals surface area (Å²) in [6.45, 7) is 1.39. The quantitative estimate of drug-likeness (QED) is 0.319. The van der Waals surface area contributed by atoms with Crippen LogP contribution >= 0.6 is 12.2 Å². The lowest BCUT2D eigenvalue weighted by atomic mass is 10.6. The number of nitrogens with one attached hydrogen (secondary N) is 1. The van der Waals surface area contributed by atoms with Crippen LogP contribution in [0.15, 0.2) is 6.33 Å². The zero-order valence-corrected chi connectivity index (χ0v) is 9.44. The second-order valence-electron chi connectivity index (χ2n) is 2.84. The summed E-state index contributed by atoms with van der Waals surface area (Å²) in [6, 6.07) is 0. The van der Waals surface area contributed by atoms with E-state index in [0.717, 1.165) is 0 Å². The summed E-state index contributed by atoms with van der Waals surface area (Å²) >= 11 is 5.00. The molecule has 1 heterocycles. The van der Waals surface area contributed by atoms with Crippen LogP contribution in [0.2, 0.25) is 0 Å². The van der Waals surface area contributed by atoms with E-state index in [1.54, 1.807) is 7.11 Å². The number of nitro groups is 1. The molecule has 16 heavy (non-hydrogen) atoms. The SMILES string of the molecule is COCCNC(=S)Cn1cnc([N+](=O)[O-])n1. The van der Waals surface area contributed by atoms with E-state index in [9.17, 15) is 10.1 Å². The lowest BCUT2D eigenvalue weighted by molar-refractivity contribution is -0.394. The minimum Gasteiger partial charge on any atom is -0.390 e. The molecule has 9 heteroatoms. The predicted molar refractivity (Wildman–Crippen MR) is 59.2 cm³/mol. The van der Waals surface area contributed by atoms with E-state index >= 15 is 0 Å². The van der Waals surface area contributed by atoms with Gasteiger partial charge in [-0.3, -0.25) is 0 Å². The Kier molecular flexibility index (Phi) is 4.73. The van der Waals surface area contributed by atoms with Crippen molar-refractivity contribution in [1.29, 1.82) is 0 Å². The van der Waals surface area contributed by atoms with Gasteiger partial charge in [-0.2, -0.15) is 4.68 Å². The molecule has 0 aliphatic rings. The van der Waals surface area contributed by atoms with Gasteiger partial charge in [-0.25, -0.2) is 0 Å². The summed E-state index contributed by atoms with van der Waals surface area (Å²) in [7, 11) is 1.59. The van der Waals surface area contributed by atoms with Crippen molar-refractivity contribution in [1.82, 2.24) is 20.1 Å². The van der Waals surface area contributed by atoms with Crippen LogP contribution in [0.5, 0.6) is 0 Å². The highest BCUT2D eigenvalue weighted by Crippen LogP contribution is 1.99. The Morgan fingerprint density at radius 2 is 2.56 bits per heavy atom. The molecular formula is C7H11N5O3S. The summed E-state index contributed by atoms with van der Waals surface area (Å²) in [5.74, 6) is -0.431. The first-order chi connectivity index (χ1) is 7.63. The molecule has 0 fully saturated rings. The Balaban J connectivity index is 2.40. The van der Waals surface area contributed by atoms with E-state index in [1.165, 1.54) is 11.0 Å². The second kappa shape index (κ2) is 6.08. The Labute approximate surface area is 96.8 Å². The molecule has 0 spiro atoms. The molecule has 0 saturated heterocycles. The Morgan fingerprint density at radius 1 is 1.81 bits per heavy atom. The summed E-state index contributed by atoms with van der Waals surface area (Å²) in [6.07, 6.45) is 1.27. The molecule has 1 N–H and O–H groups in total. The first-order valence-electron chi connectivity index (χ1n) is 4.43. The molecule has 0 aliphatic heterocycles. The number of nitrogens with zero attached hydrogens (tertiary/aromatic N) is 4. The Morgan fingerprint density at radius 3 is 3.12 bits per heavy atom. The monoisotopic (exact) mass is 245 g/mol. The van der Waals surface area contributed by atoms with Crippen molar-refractivity contribution < 1.29 is 9.66 Å². The van der Waals surface area contributed by atoms with Gasteiger partial charge in [0.05, 0.1) is 11.6 Å². The average molecular weight is 245 g/mol. The highest BCUT2D eigenvalue weighted by molar-refractivity contribution is 7.80. The predicted octanol–water partition coefficient (Wildman–Crippen LogP) is -0.250. The number of hydrogen-bond donors (Lipinski definition) is 1. The van der Waals surface area contributed by atoms with Crippen molar-refractivity contribution in [3.05, 3.63) is 16.4 Å². The van der Waals surface area contributed by atoms with Crippen molar-refractivity contribution >= 4 is 23.2 Å². The normalized spacial score (nSPS) is 10.1. The maximum Gasteiger partial charge on any atom is 0.490 e. The molecule has 0 radical (unpaired) electrons. The fourth-order valence-electron chi connectivity index (χ4n) is 0.940. The fraction of sp³-hybridized carbons (Fsp3) is 0.571. The molecule has 0 amide bonds. The van der Waals surface area contributed by atoms with Crippen molar-refractivity contribution in [2.24, 2.45) is 0 Å². The van der Waals surface area contributed by atoms with E-state index in [-0.39, 0.29) is 6.54 Å². The third kappa shape index (κ3) is 3.87. The Hall–Kier alpha value is -1.61. The molecule has 0 unspecified atom stereocenters. The van der Waals surface area contributed by atoms with Crippen LogP contribution in [-0.4, -0.2) is 44.9 Å². The average Bonchev–Trinajstić information content (AvgIpc) is 2.66. The second-order valence-corrected chi connectivity index (χ2v) is 3.33. The molecule has 0 aliphatic carbocycles. The van der Waals surface area contributed by atoms with Crippen LogP contribution in [0.4, 0.5) is 5.95 Å². The summed E-state index contributed by atoms with van der Waals surface area (Å²) < 4.78 is 6.14. The standard InChI is InChI=1S/C7H11N5O3S/c1-15-3-2-8-6(16)4-11-5-9-7(10-11)12(13)14/h5H,2-4H2,1H3,(H,8,16). The smallest absolute Gasteiger partial charge is 0.390 e. The van der Waals surface area contributed by atoms with E-state index < -0.39 is 10.9 Å². The van der Waals surface area contributed by atoms with Crippen molar-refractivity contribution in [2.75, 3.05) is 20.3 Å². The zero-order valence-electron chi connectivity index (χ0n) is 8.62. The number of ether oxygens (including phenoxy) is 1. The van der Waals surface area contributed by atoms with Gasteiger partial charge in [0.25, 0.3) is 0 Å². The van der Waals surface area contributed by atoms with Crippen molar-refractivity contribution in [3.8, 4) is 0 Å². The highest BCUT2D eigenvalue weighted by atomic mass is 32.1. The van der Waals surface area contributed by atoms with Crippen molar-refractivity contribution in [3.63, 3.8) is 0 Å². The minimum absolute atomic E-state index is 0.264. The third-order valence-electron chi connectivity index (χ3n) is 1.62. The lowest BCUT2D eigenvalue weighted by Gasteiger charge is -2.04. The van der Waals surface area contributed by atoms with Crippen LogP contribution in [0.3, 0.4) is 0 Å². The molecule has 0 atom stereocenters. The first-order valence-corrected chi connectivity index (χ1v) is 4.83. The molecule has 0 aromatic carbocycles. The lowest BCUT2D eigenvalue weighted by Crippen LogP contribution is -2.29. The van der Waals surface area contributed by atoms with Crippen LogP contribution in [-0.2, 0) is 11.3 Å². The molecule has 0 saturated carbocycles. The minimum atomic E-state index is -0.655. The van der Waals surface area contributed by atoms with E-state index in [1.807, 2.05) is 0 Å². The van der Waals surface area contributed by atoms with Gasteiger partial charge in [-0.15, -0.1) is 0 Å². The zero-order chi connectivity index (χ0) is 12.0. The maximum atomic E-state index is 10.3. The molecule has 0 bridgehead atoms. The Bertz CT molecular complexity index is 380. The molecule has 8 nitrogen and oxygen atoms in total. The van der Waals surface area contributed by atoms with E-state index in [2.05, 4.69) is 15.4 Å². The van der Waals surface area contributed by atoms with Gasteiger partial charge < -0.3 is 20.2 Å². The molecule has 1 aromatic rings. The third-order valence-corrected chi connectivity index (χ3v) is 1.90. The van der Waals surface area contributed by atoms with Crippen LogP contribution in [0.25, 0.3) is 0 Å². The fourth-order valence-corrected chi connectivity index (χ4v) is 1.17. The van der Waals surface area contributed by atoms with Gasteiger partial charge in [0.2, 0.25) is 6.33 Å². The summed E-state index contributed by atoms with van der Waals surface area (Å²) in [5.41, 5.74) is 0. The molecule has 1 aromatic heterocycles. The number of rotatable bonds is 6. The van der Waals surface area contributed by atoms with Crippen LogP contribution < -0.4 is 5.32 Å². The van der Waals surface area contributed by atoms with Crippen LogP contribution in [0.1, 0.15) is 0 Å². The van der Waals surface area contributed by atoms with Gasteiger partial charge in [0.15, 0.2) is 0 Å². The highest BCUT2D eigenvalue weighted by Gasteiger charge is 2.13. The van der Waals surface area contributed by atoms with E-state index in [0.29, 0.717) is 18.1 Å². The topological polar surface area (TPSA) is 95.1 Å². The van der Waals surface area contributed by atoms with E-state index in [4.69, 9.17) is 17.0 Å². The van der Waals surface area contributed by atoms with Crippen LogP contribution in [0, 0.1) is 10.1 Å².